The summed E-state index contributed by atoms with van der Waals surface area (Å²) in [6.45, 7) is 3.80. The highest BCUT2D eigenvalue weighted by molar-refractivity contribution is 7.90. The van der Waals surface area contributed by atoms with E-state index in [2.05, 4.69) is 4.98 Å². The number of thiophene rings is 1. The molecule has 2 heterocycles. The standard InChI is InChI=1S/C23H21N3O5S2/c1-3-31-17-8-6-16(7-9-17)19-13-32-22-21(19)23(28)26(14-24-22)12-20(27)25-33(29,30)18-10-4-15(2)5-11-18/h4-11,13-14H,3,12H2,1-2H3,(H,25,27). The second-order valence-corrected chi connectivity index (χ2v) is 9.85. The molecule has 0 bridgehead atoms. The Balaban J connectivity index is 1.60. The summed E-state index contributed by atoms with van der Waals surface area (Å²) in [6.07, 6.45) is 1.25. The number of benzene rings is 2. The molecule has 0 saturated heterocycles. The highest BCUT2D eigenvalue weighted by Gasteiger charge is 2.19. The number of fused-ring (bicyclic) bond motifs is 1. The molecule has 1 N–H and O–H groups in total. The number of nitrogens with zero attached hydrogens (tertiary/aromatic N) is 2. The van der Waals surface area contributed by atoms with Crippen molar-refractivity contribution in [2.24, 2.45) is 0 Å². The van der Waals surface area contributed by atoms with E-state index in [1.54, 1.807) is 12.1 Å². The molecule has 170 valence electrons. The van der Waals surface area contributed by atoms with Crippen LogP contribution in [0.15, 0.2) is 69.9 Å². The Morgan fingerprint density at radius 3 is 2.48 bits per heavy atom. The van der Waals surface area contributed by atoms with Gasteiger partial charge in [-0.3, -0.25) is 14.2 Å². The minimum absolute atomic E-state index is 0.0296. The lowest BCUT2D eigenvalue weighted by atomic mass is 10.1. The minimum atomic E-state index is -4.05. The van der Waals surface area contributed by atoms with Crippen LogP contribution in [-0.2, 0) is 21.4 Å². The zero-order chi connectivity index (χ0) is 23.6. The third-order valence-electron chi connectivity index (χ3n) is 4.93. The molecular formula is C23H21N3O5S2. The maximum atomic E-state index is 13.1. The van der Waals surface area contributed by atoms with Crippen LogP contribution in [0.2, 0.25) is 0 Å². The first-order valence-corrected chi connectivity index (χ1v) is 12.5. The van der Waals surface area contributed by atoms with Crippen molar-refractivity contribution < 1.29 is 17.9 Å². The minimum Gasteiger partial charge on any atom is -0.494 e. The van der Waals surface area contributed by atoms with Crippen LogP contribution in [0.4, 0.5) is 0 Å². The maximum Gasteiger partial charge on any atom is 0.264 e. The zero-order valence-electron chi connectivity index (χ0n) is 17.9. The Hall–Kier alpha value is -3.50. The van der Waals surface area contributed by atoms with Gasteiger partial charge < -0.3 is 4.74 Å². The predicted octanol–water partition coefficient (Wildman–Crippen LogP) is 3.34. The molecule has 0 aliphatic heterocycles. The number of hydrogen-bond acceptors (Lipinski definition) is 7. The number of aromatic nitrogens is 2. The molecule has 0 saturated carbocycles. The van der Waals surface area contributed by atoms with Gasteiger partial charge in [0.05, 0.1) is 23.2 Å². The van der Waals surface area contributed by atoms with E-state index in [9.17, 15) is 18.0 Å². The number of sulfonamides is 1. The van der Waals surface area contributed by atoms with Crippen molar-refractivity contribution in [1.29, 1.82) is 0 Å². The zero-order valence-corrected chi connectivity index (χ0v) is 19.6. The van der Waals surface area contributed by atoms with Crippen molar-refractivity contribution >= 4 is 37.5 Å². The van der Waals surface area contributed by atoms with Gasteiger partial charge in [0, 0.05) is 10.9 Å². The fourth-order valence-corrected chi connectivity index (χ4v) is 5.19. The second-order valence-electron chi connectivity index (χ2n) is 7.31. The maximum absolute atomic E-state index is 13.1. The quantitative estimate of drug-likeness (QED) is 0.432. The smallest absolute Gasteiger partial charge is 0.264 e. The molecule has 2 aromatic heterocycles. The van der Waals surface area contributed by atoms with Crippen LogP contribution >= 0.6 is 11.3 Å². The fraction of sp³-hybridized carbons (Fsp3) is 0.174. The topological polar surface area (TPSA) is 107 Å². The summed E-state index contributed by atoms with van der Waals surface area (Å²) in [4.78, 5) is 30.4. The molecule has 2 aromatic carbocycles. The van der Waals surface area contributed by atoms with Crippen LogP contribution in [0.5, 0.6) is 5.75 Å². The van der Waals surface area contributed by atoms with E-state index >= 15 is 0 Å². The molecule has 1 amide bonds. The van der Waals surface area contributed by atoms with E-state index in [0.29, 0.717) is 22.4 Å². The van der Waals surface area contributed by atoms with Crippen LogP contribution in [0, 0.1) is 6.92 Å². The van der Waals surface area contributed by atoms with Crippen molar-refractivity contribution in [2.75, 3.05) is 6.61 Å². The number of ether oxygens (including phenoxy) is 1. The highest BCUT2D eigenvalue weighted by Crippen LogP contribution is 2.31. The summed E-state index contributed by atoms with van der Waals surface area (Å²) in [5.74, 6) is -0.112. The molecule has 0 atom stereocenters. The number of hydrogen-bond donors (Lipinski definition) is 1. The van der Waals surface area contributed by atoms with Crippen molar-refractivity contribution in [3.63, 3.8) is 0 Å². The monoisotopic (exact) mass is 483 g/mol. The third kappa shape index (κ3) is 4.81. The summed E-state index contributed by atoms with van der Waals surface area (Å²) >= 11 is 1.32. The number of nitrogens with one attached hydrogen (secondary N) is 1. The number of amides is 1. The normalized spacial score (nSPS) is 11.5. The molecule has 0 aliphatic rings. The van der Waals surface area contributed by atoms with Crippen LogP contribution in [-0.4, -0.2) is 30.5 Å². The van der Waals surface area contributed by atoms with E-state index < -0.39 is 28.0 Å². The molecule has 0 aliphatic carbocycles. The van der Waals surface area contributed by atoms with Gasteiger partial charge in [-0.25, -0.2) is 18.1 Å². The van der Waals surface area contributed by atoms with E-state index in [1.165, 1.54) is 29.8 Å². The van der Waals surface area contributed by atoms with Crippen molar-refractivity contribution in [1.82, 2.24) is 14.3 Å². The highest BCUT2D eigenvalue weighted by atomic mass is 32.2. The van der Waals surface area contributed by atoms with Crippen LogP contribution in [0.3, 0.4) is 0 Å². The third-order valence-corrected chi connectivity index (χ3v) is 7.21. The summed E-state index contributed by atoms with van der Waals surface area (Å²) in [5.41, 5.74) is 1.98. The van der Waals surface area contributed by atoms with Gasteiger partial charge in [-0.05, 0) is 43.7 Å². The van der Waals surface area contributed by atoms with Gasteiger partial charge in [0.2, 0.25) is 0 Å². The van der Waals surface area contributed by atoms with Crippen molar-refractivity contribution in [3.05, 3.63) is 76.2 Å². The summed E-state index contributed by atoms with van der Waals surface area (Å²) < 4.78 is 33.5. The first kappa shape index (κ1) is 22.7. The van der Waals surface area contributed by atoms with Gasteiger partial charge in [0.1, 0.15) is 17.1 Å². The average Bonchev–Trinajstić information content (AvgIpc) is 3.21. The van der Waals surface area contributed by atoms with E-state index in [0.717, 1.165) is 21.4 Å². The number of rotatable bonds is 7. The average molecular weight is 484 g/mol. The Kier molecular flexibility index (Phi) is 6.30. The van der Waals surface area contributed by atoms with E-state index in [-0.39, 0.29) is 4.90 Å². The first-order valence-electron chi connectivity index (χ1n) is 10.1. The molecule has 4 aromatic rings. The van der Waals surface area contributed by atoms with Crippen LogP contribution in [0.1, 0.15) is 12.5 Å². The van der Waals surface area contributed by atoms with Crippen molar-refractivity contribution in [3.8, 4) is 16.9 Å². The van der Waals surface area contributed by atoms with Crippen LogP contribution < -0.4 is 15.0 Å². The van der Waals surface area contributed by atoms with Crippen molar-refractivity contribution in [2.45, 2.75) is 25.3 Å². The number of carbonyl (C=O) groups excluding carboxylic acids is 1. The van der Waals surface area contributed by atoms with Gasteiger partial charge in [-0.15, -0.1) is 11.3 Å². The molecule has 8 nitrogen and oxygen atoms in total. The molecule has 0 spiro atoms. The van der Waals surface area contributed by atoms with E-state index in [4.69, 9.17) is 4.74 Å². The Labute approximate surface area is 194 Å². The molecule has 10 heteroatoms. The predicted molar refractivity (Wildman–Crippen MR) is 127 cm³/mol. The second kappa shape index (κ2) is 9.16. The lowest BCUT2D eigenvalue weighted by Gasteiger charge is -2.09. The molecule has 0 radical (unpaired) electrons. The fourth-order valence-electron chi connectivity index (χ4n) is 3.30. The summed E-state index contributed by atoms with van der Waals surface area (Å²) in [5, 5.41) is 2.21. The SMILES string of the molecule is CCOc1ccc(-c2csc3ncn(CC(=O)NS(=O)(=O)c4ccc(C)cc4)c(=O)c23)cc1. The van der Waals surface area contributed by atoms with Gasteiger partial charge in [-0.2, -0.15) is 0 Å². The summed E-state index contributed by atoms with van der Waals surface area (Å²) in [6, 6.07) is 13.5. The summed E-state index contributed by atoms with van der Waals surface area (Å²) in [7, 11) is -4.05. The van der Waals surface area contributed by atoms with Gasteiger partial charge in [0.15, 0.2) is 0 Å². The first-order chi connectivity index (χ1) is 15.8. The Morgan fingerprint density at radius 2 is 1.82 bits per heavy atom. The molecule has 0 fully saturated rings. The van der Waals surface area contributed by atoms with Gasteiger partial charge in [0.25, 0.3) is 21.5 Å². The van der Waals surface area contributed by atoms with Gasteiger partial charge in [-0.1, -0.05) is 29.8 Å². The molecular weight excluding hydrogens is 462 g/mol. The molecule has 33 heavy (non-hydrogen) atoms. The molecule has 0 unspecified atom stereocenters. The Morgan fingerprint density at radius 1 is 1.12 bits per heavy atom. The number of carbonyl (C=O) groups is 1. The van der Waals surface area contributed by atoms with Gasteiger partial charge >= 0.3 is 0 Å². The number of aryl methyl sites for hydroxylation is 1. The Bertz CT molecular complexity index is 1470. The lowest BCUT2D eigenvalue weighted by Crippen LogP contribution is -2.36. The lowest BCUT2D eigenvalue weighted by molar-refractivity contribution is -0.119. The van der Waals surface area contributed by atoms with Crippen LogP contribution in [0.25, 0.3) is 21.3 Å². The van der Waals surface area contributed by atoms with E-state index in [1.807, 2.05) is 48.2 Å². The molecule has 4 rings (SSSR count). The largest absolute Gasteiger partial charge is 0.494 e.